The van der Waals surface area contributed by atoms with E-state index in [0.29, 0.717) is 50.2 Å². The van der Waals surface area contributed by atoms with E-state index >= 15 is 0 Å². The molecule has 0 spiro atoms. The Bertz CT molecular complexity index is 1300. The van der Waals surface area contributed by atoms with E-state index in [1.165, 1.54) is 0 Å². The van der Waals surface area contributed by atoms with Gasteiger partial charge >= 0.3 is 5.97 Å². The lowest BCUT2D eigenvalue weighted by atomic mass is 10.1. The molecule has 1 aromatic heterocycles. The normalized spacial score (nSPS) is 10.8. The monoisotopic (exact) mass is 504 g/mol. The van der Waals surface area contributed by atoms with Crippen molar-refractivity contribution in [1.29, 1.82) is 0 Å². The van der Waals surface area contributed by atoms with Gasteiger partial charge in [0.25, 0.3) is 0 Å². The van der Waals surface area contributed by atoms with Crippen molar-refractivity contribution in [3.05, 3.63) is 72.8 Å². The number of rotatable bonds is 12. The maximum Gasteiger partial charge on any atom is 0.305 e. The second-order valence-corrected chi connectivity index (χ2v) is 8.53. The van der Waals surface area contributed by atoms with Gasteiger partial charge in [0, 0.05) is 29.5 Å². The second-order valence-electron chi connectivity index (χ2n) is 8.15. The predicted molar refractivity (Wildman–Crippen MR) is 143 cm³/mol. The van der Waals surface area contributed by atoms with Crippen LogP contribution in [0.5, 0.6) is 11.6 Å². The van der Waals surface area contributed by atoms with Crippen LogP contribution >= 0.6 is 11.6 Å². The number of esters is 1. The first-order valence-corrected chi connectivity index (χ1v) is 12.7. The fourth-order valence-corrected chi connectivity index (χ4v) is 3.82. The Morgan fingerprint density at radius 1 is 0.833 bits per heavy atom. The molecular formula is C29H29ClN2O4. The fraction of sp³-hybridized carbons (Fsp3) is 0.276. The number of hydrogen-bond donors (Lipinski definition) is 0. The number of aromatic nitrogens is 2. The van der Waals surface area contributed by atoms with Gasteiger partial charge in [-0.3, -0.25) is 4.79 Å². The van der Waals surface area contributed by atoms with Gasteiger partial charge in [-0.15, -0.1) is 11.6 Å². The van der Waals surface area contributed by atoms with Gasteiger partial charge in [0.05, 0.1) is 25.5 Å². The summed E-state index contributed by atoms with van der Waals surface area (Å²) in [5.74, 6) is 2.22. The molecule has 0 bridgehead atoms. The highest BCUT2D eigenvalue weighted by molar-refractivity contribution is 6.17. The van der Waals surface area contributed by atoms with E-state index in [1.807, 2.05) is 66.7 Å². The lowest BCUT2D eigenvalue weighted by Crippen LogP contribution is -2.06. The Kier molecular flexibility index (Phi) is 9.11. The molecule has 3 aromatic carbocycles. The molecule has 4 aromatic rings. The summed E-state index contributed by atoms with van der Waals surface area (Å²) in [5, 5.41) is 2.09. The highest BCUT2D eigenvalue weighted by Crippen LogP contribution is 2.29. The van der Waals surface area contributed by atoms with Crippen LogP contribution in [-0.4, -0.2) is 41.6 Å². The van der Waals surface area contributed by atoms with Crippen molar-refractivity contribution in [2.45, 2.75) is 26.2 Å². The minimum absolute atomic E-state index is 0.196. The zero-order valence-electron chi connectivity index (χ0n) is 20.3. The van der Waals surface area contributed by atoms with Crippen LogP contribution in [0, 0.1) is 0 Å². The first-order chi connectivity index (χ1) is 17.7. The van der Waals surface area contributed by atoms with Crippen molar-refractivity contribution >= 4 is 28.3 Å². The van der Waals surface area contributed by atoms with Gasteiger partial charge in [-0.25, -0.2) is 4.98 Å². The molecule has 0 aliphatic heterocycles. The highest BCUT2D eigenvalue weighted by Gasteiger charge is 2.11. The molecule has 7 heteroatoms. The average Bonchev–Trinajstić information content (AvgIpc) is 2.91. The van der Waals surface area contributed by atoms with Crippen LogP contribution in [0.15, 0.2) is 72.8 Å². The molecular weight excluding hydrogens is 476 g/mol. The summed E-state index contributed by atoms with van der Waals surface area (Å²) in [6.45, 7) is 3.15. The van der Waals surface area contributed by atoms with Crippen LogP contribution in [0.1, 0.15) is 26.2 Å². The van der Waals surface area contributed by atoms with Crippen LogP contribution in [0.3, 0.4) is 0 Å². The number of carbonyl (C=O) groups is 1. The quantitative estimate of drug-likeness (QED) is 0.121. The summed E-state index contributed by atoms with van der Waals surface area (Å²) in [7, 11) is 0. The van der Waals surface area contributed by atoms with E-state index in [1.54, 1.807) is 6.92 Å². The van der Waals surface area contributed by atoms with Gasteiger partial charge in [0.2, 0.25) is 5.88 Å². The number of halogens is 1. The van der Waals surface area contributed by atoms with Gasteiger partial charge in [0.1, 0.15) is 5.75 Å². The zero-order valence-corrected chi connectivity index (χ0v) is 21.0. The van der Waals surface area contributed by atoms with Gasteiger partial charge in [0.15, 0.2) is 5.82 Å². The summed E-state index contributed by atoms with van der Waals surface area (Å²) in [4.78, 5) is 21.0. The van der Waals surface area contributed by atoms with Crippen molar-refractivity contribution in [1.82, 2.24) is 9.97 Å². The molecule has 0 unspecified atom stereocenters. The van der Waals surface area contributed by atoms with Crippen molar-refractivity contribution in [3.8, 4) is 34.3 Å². The fourth-order valence-electron chi connectivity index (χ4n) is 3.71. The molecule has 1 heterocycles. The molecule has 0 amide bonds. The van der Waals surface area contributed by atoms with Crippen LogP contribution in [0.2, 0.25) is 0 Å². The van der Waals surface area contributed by atoms with E-state index in [9.17, 15) is 4.79 Å². The Hall–Kier alpha value is -3.64. The number of alkyl halides is 1. The Labute approximate surface area is 216 Å². The van der Waals surface area contributed by atoms with Gasteiger partial charge in [-0.2, -0.15) is 4.98 Å². The van der Waals surface area contributed by atoms with E-state index < -0.39 is 0 Å². The summed E-state index contributed by atoms with van der Waals surface area (Å²) < 4.78 is 16.6. The number of carbonyl (C=O) groups excluding carboxylic acids is 1. The molecule has 6 nitrogen and oxygen atoms in total. The lowest BCUT2D eigenvalue weighted by molar-refractivity contribution is -0.143. The highest BCUT2D eigenvalue weighted by atomic mass is 35.5. The Morgan fingerprint density at radius 3 is 2.42 bits per heavy atom. The molecule has 0 aliphatic rings. The van der Waals surface area contributed by atoms with Crippen LogP contribution in [0.4, 0.5) is 0 Å². The third kappa shape index (κ3) is 6.95. The maximum atomic E-state index is 11.5. The molecule has 36 heavy (non-hydrogen) atoms. The molecule has 0 atom stereocenters. The summed E-state index contributed by atoms with van der Waals surface area (Å²) in [6, 6.07) is 23.9. The minimum atomic E-state index is -0.196. The van der Waals surface area contributed by atoms with Crippen LogP contribution in [0.25, 0.3) is 33.4 Å². The number of nitrogens with zero attached hydrogens (tertiary/aromatic N) is 2. The van der Waals surface area contributed by atoms with Crippen molar-refractivity contribution in [2.75, 3.05) is 25.7 Å². The van der Waals surface area contributed by atoms with Gasteiger partial charge in [-0.1, -0.05) is 48.5 Å². The smallest absolute Gasteiger partial charge is 0.305 e. The van der Waals surface area contributed by atoms with E-state index in [-0.39, 0.29) is 5.97 Å². The van der Waals surface area contributed by atoms with Crippen molar-refractivity contribution < 1.29 is 19.0 Å². The number of hydrogen-bond acceptors (Lipinski definition) is 6. The summed E-state index contributed by atoms with van der Waals surface area (Å²) >= 11 is 5.81. The largest absolute Gasteiger partial charge is 0.494 e. The van der Waals surface area contributed by atoms with E-state index in [0.717, 1.165) is 39.8 Å². The number of ether oxygens (including phenoxy) is 3. The molecule has 186 valence electrons. The summed E-state index contributed by atoms with van der Waals surface area (Å²) in [5.41, 5.74) is 2.69. The number of fused-ring (bicyclic) bond motifs is 1. The topological polar surface area (TPSA) is 70.5 Å². The first kappa shape index (κ1) is 25.5. The van der Waals surface area contributed by atoms with Crippen molar-refractivity contribution in [2.24, 2.45) is 0 Å². The summed E-state index contributed by atoms with van der Waals surface area (Å²) in [6.07, 6.45) is 1.70. The molecule has 0 aliphatic carbocycles. The first-order valence-electron chi connectivity index (χ1n) is 12.1. The molecule has 4 rings (SSSR count). The third-order valence-corrected chi connectivity index (χ3v) is 5.74. The van der Waals surface area contributed by atoms with E-state index in [2.05, 4.69) is 11.1 Å². The second kappa shape index (κ2) is 12.9. The minimum Gasteiger partial charge on any atom is -0.494 e. The molecule has 0 saturated carbocycles. The van der Waals surface area contributed by atoms with Crippen LogP contribution in [-0.2, 0) is 9.53 Å². The molecule has 0 N–H and O–H groups in total. The maximum absolute atomic E-state index is 11.5. The molecule has 0 radical (unpaired) electrons. The van der Waals surface area contributed by atoms with Gasteiger partial charge < -0.3 is 14.2 Å². The predicted octanol–water partition coefficient (Wildman–Crippen LogP) is 6.69. The standard InChI is InChI=1S/C29H29ClN2O4/c1-2-34-28(33)10-6-16-35-25-14-13-22-18-24(12-11-23(22)19-25)29-31-26(21-8-4-3-5-9-21)20-27(32-29)36-17-7-15-30/h3-5,8-9,11-14,18-20H,2,6-7,10,15-17H2,1H3. The Balaban J connectivity index is 1.54. The third-order valence-electron chi connectivity index (χ3n) is 5.47. The SMILES string of the molecule is CCOC(=O)CCCOc1ccc2cc(-c3nc(OCCCCl)cc(-c4ccccc4)n3)ccc2c1. The van der Waals surface area contributed by atoms with E-state index in [4.69, 9.17) is 30.8 Å². The van der Waals surface area contributed by atoms with Gasteiger partial charge in [-0.05, 0) is 48.7 Å². The lowest BCUT2D eigenvalue weighted by Gasteiger charge is -2.11. The average molecular weight is 505 g/mol. The molecule has 0 saturated heterocycles. The Morgan fingerprint density at radius 2 is 1.61 bits per heavy atom. The molecule has 0 fully saturated rings. The zero-order chi connectivity index (χ0) is 25.2. The van der Waals surface area contributed by atoms with Crippen LogP contribution < -0.4 is 9.47 Å². The van der Waals surface area contributed by atoms with Crippen molar-refractivity contribution in [3.63, 3.8) is 0 Å². The number of benzene rings is 3.